The third kappa shape index (κ3) is 6.61. The highest BCUT2D eigenvalue weighted by Crippen LogP contribution is 2.37. The van der Waals surface area contributed by atoms with E-state index in [1.54, 1.807) is 30.3 Å². The van der Waals surface area contributed by atoms with Crippen molar-refractivity contribution in [3.8, 4) is 11.8 Å². The fraction of sp³-hybridized carbons (Fsp3) is 0.273. The van der Waals surface area contributed by atoms with Crippen LogP contribution in [0.2, 0.25) is 5.02 Å². The number of piperidine rings is 1. The van der Waals surface area contributed by atoms with Gasteiger partial charge >= 0.3 is 0 Å². The van der Waals surface area contributed by atoms with Crippen LogP contribution >= 0.6 is 11.6 Å². The number of carbonyl (C=O) groups is 3. The number of ketones is 1. The molecule has 0 aliphatic carbocycles. The molecule has 0 bridgehead atoms. The maximum atomic E-state index is 14.9. The first kappa shape index (κ1) is 30.0. The summed E-state index contributed by atoms with van der Waals surface area (Å²) < 4.78 is 21.3. The Morgan fingerprint density at radius 2 is 1.86 bits per heavy atom. The van der Waals surface area contributed by atoms with Gasteiger partial charge in [0.25, 0.3) is 5.91 Å². The van der Waals surface area contributed by atoms with E-state index in [0.29, 0.717) is 29.0 Å². The van der Waals surface area contributed by atoms with E-state index in [4.69, 9.17) is 21.6 Å². The summed E-state index contributed by atoms with van der Waals surface area (Å²) in [6.45, 7) is 3.23. The van der Waals surface area contributed by atoms with Crippen molar-refractivity contribution in [2.75, 3.05) is 25.0 Å². The molecule has 2 heterocycles. The van der Waals surface area contributed by atoms with E-state index in [-0.39, 0.29) is 34.6 Å². The van der Waals surface area contributed by atoms with Gasteiger partial charge < -0.3 is 20.3 Å². The topological polar surface area (TPSA) is 112 Å². The van der Waals surface area contributed by atoms with Gasteiger partial charge in [-0.25, -0.2) is 4.39 Å². The first-order valence-electron chi connectivity index (χ1n) is 14.0. The highest BCUT2D eigenvalue weighted by molar-refractivity contribution is 6.31. The molecule has 3 aromatic rings. The molecule has 0 radical (unpaired) electrons. The third-order valence-corrected chi connectivity index (χ3v) is 7.97. The number of carbonyl (C=O) groups excluding carboxylic acids is 3. The lowest BCUT2D eigenvalue weighted by molar-refractivity contribution is -0.135. The monoisotopic (exact) mass is 600 g/mol. The zero-order valence-electron chi connectivity index (χ0n) is 23.5. The van der Waals surface area contributed by atoms with Gasteiger partial charge in [0.05, 0.1) is 16.7 Å². The summed E-state index contributed by atoms with van der Waals surface area (Å²) >= 11 is 5.95. The van der Waals surface area contributed by atoms with E-state index in [1.807, 2.05) is 18.2 Å². The molecule has 1 saturated heterocycles. The number of nitrogens with one attached hydrogen (secondary N) is 2. The van der Waals surface area contributed by atoms with Crippen molar-refractivity contribution in [3.05, 3.63) is 99.3 Å². The molecular weight excluding hydrogens is 571 g/mol. The van der Waals surface area contributed by atoms with Crippen LogP contribution in [0.15, 0.2) is 60.7 Å². The molecule has 3 aromatic carbocycles. The van der Waals surface area contributed by atoms with Crippen LogP contribution in [0.25, 0.3) is 6.08 Å². The molecule has 8 nitrogen and oxygen atoms in total. The lowest BCUT2D eigenvalue weighted by Crippen LogP contribution is -2.45. The molecule has 0 spiro atoms. The number of rotatable bonds is 7. The molecule has 2 aliphatic heterocycles. The van der Waals surface area contributed by atoms with E-state index in [1.165, 1.54) is 30.0 Å². The number of hydrogen-bond acceptors (Lipinski definition) is 6. The first-order valence-corrected chi connectivity index (χ1v) is 14.4. The lowest BCUT2D eigenvalue weighted by atomic mass is 9.90. The van der Waals surface area contributed by atoms with Crippen molar-refractivity contribution >= 4 is 41.0 Å². The standard InChI is InChI=1S/C33H30ClFN4O4/c1-20(40)24-9-11-28(34)31(35)26(24)10-12-30(41)39-18-15-25-27(3-2-4-29(25)43-23-13-16-37-17-14-23)32(39)33(42)38-22-7-5-21(19-36)6-8-22/h2-12,23,32,37H,13-18H2,1H3,(H,38,42). The second-order valence-corrected chi connectivity index (χ2v) is 10.9. The quantitative estimate of drug-likeness (QED) is 0.275. The summed E-state index contributed by atoms with van der Waals surface area (Å²) in [6, 6.07) is 15.6. The van der Waals surface area contributed by atoms with Crippen molar-refractivity contribution in [2.45, 2.75) is 38.3 Å². The Labute approximate surface area is 254 Å². The van der Waals surface area contributed by atoms with Crippen molar-refractivity contribution < 1.29 is 23.5 Å². The Kier molecular flexibility index (Phi) is 9.19. The van der Waals surface area contributed by atoms with Gasteiger partial charge in [0.1, 0.15) is 23.7 Å². The van der Waals surface area contributed by atoms with E-state index in [9.17, 15) is 18.8 Å². The second-order valence-electron chi connectivity index (χ2n) is 10.5. The van der Waals surface area contributed by atoms with Gasteiger partial charge in [-0.2, -0.15) is 5.26 Å². The number of nitrogens with zero attached hydrogens (tertiary/aromatic N) is 2. The number of halogens is 2. The number of anilines is 1. The predicted molar refractivity (Wildman–Crippen MR) is 161 cm³/mol. The van der Waals surface area contributed by atoms with Gasteiger partial charge in [-0.3, -0.25) is 14.4 Å². The molecule has 10 heteroatoms. The largest absolute Gasteiger partial charge is 0.490 e. The molecule has 1 unspecified atom stereocenters. The molecule has 1 atom stereocenters. The molecule has 1 fully saturated rings. The second kappa shape index (κ2) is 13.2. The number of benzene rings is 3. The van der Waals surface area contributed by atoms with E-state index in [2.05, 4.69) is 10.6 Å². The van der Waals surface area contributed by atoms with Crippen LogP contribution < -0.4 is 15.4 Å². The summed E-state index contributed by atoms with van der Waals surface area (Å²) in [6.07, 6.45) is 4.60. The number of ether oxygens (including phenoxy) is 1. The smallest absolute Gasteiger partial charge is 0.251 e. The molecular formula is C33H30ClFN4O4. The van der Waals surface area contributed by atoms with Gasteiger partial charge in [0, 0.05) is 35.0 Å². The van der Waals surface area contributed by atoms with Crippen molar-refractivity contribution in [3.63, 3.8) is 0 Å². The Hall–Kier alpha value is -4.52. The minimum absolute atomic E-state index is 0.0457. The Morgan fingerprint density at radius 1 is 1.12 bits per heavy atom. The van der Waals surface area contributed by atoms with Gasteiger partial charge in [-0.15, -0.1) is 0 Å². The SMILES string of the molecule is CC(=O)c1ccc(Cl)c(F)c1C=CC(=O)N1CCc2c(OC3CCNCC3)cccc2C1C(=O)Nc1ccc(C#N)cc1. The summed E-state index contributed by atoms with van der Waals surface area (Å²) in [4.78, 5) is 41.0. The van der Waals surface area contributed by atoms with E-state index in [0.717, 1.165) is 37.6 Å². The zero-order valence-corrected chi connectivity index (χ0v) is 24.3. The molecule has 2 aliphatic rings. The summed E-state index contributed by atoms with van der Waals surface area (Å²) in [5.41, 5.74) is 2.39. The molecule has 220 valence electrons. The van der Waals surface area contributed by atoms with Gasteiger partial charge in [-0.1, -0.05) is 23.7 Å². The number of hydrogen-bond donors (Lipinski definition) is 2. The summed E-state index contributed by atoms with van der Waals surface area (Å²) in [5.74, 6) is -1.49. The van der Waals surface area contributed by atoms with Gasteiger partial charge in [0.2, 0.25) is 5.91 Å². The average molecular weight is 601 g/mol. The van der Waals surface area contributed by atoms with Crippen LogP contribution in [-0.2, 0) is 16.0 Å². The van der Waals surface area contributed by atoms with Gasteiger partial charge in [0.15, 0.2) is 5.78 Å². The molecule has 0 saturated carbocycles. The predicted octanol–water partition coefficient (Wildman–Crippen LogP) is 5.46. The normalized spacial score (nSPS) is 16.8. The van der Waals surface area contributed by atoms with Crippen LogP contribution in [0.5, 0.6) is 5.75 Å². The molecule has 0 aromatic heterocycles. The van der Waals surface area contributed by atoms with Gasteiger partial charge in [-0.05, 0) is 93.4 Å². The fourth-order valence-electron chi connectivity index (χ4n) is 5.48. The maximum absolute atomic E-state index is 14.9. The van der Waals surface area contributed by atoms with Crippen molar-refractivity contribution in [1.82, 2.24) is 10.2 Å². The number of amides is 2. The summed E-state index contributed by atoms with van der Waals surface area (Å²) in [7, 11) is 0. The van der Waals surface area contributed by atoms with E-state index < -0.39 is 23.7 Å². The van der Waals surface area contributed by atoms with Crippen LogP contribution in [0.1, 0.15) is 58.4 Å². The van der Waals surface area contributed by atoms with E-state index >= 15 is 0 Å². The Morgan fingerprint density at radius 3 is 2.56 bits per heavy atom. The zero-order chi connectivity index (χ0) is 30.5. The minimum Gasteiger partial charge on any atom is -0.490 e. The molecule has 2 N–H and O–H groups in total. The average Bonchev–Trinajstić information content (AvgIpc) is 3.01. The Bertz CT molecular complexity index is 1630. The number of nitriles is 1. The molecule has 5 rings (SSSR count). The molecule has 2 amide bonds. The van der Waals surface area contributed by atoms with Crippen LogP contribution in [-0.4, -0.2) is 48.2 Å². The van der Waals surface area contributed by atoms with Crippen LogP contribution in [0, 0.1) is 17.1 Å². The van der Waals surface area contributed by atoms with Crippen LogP contribution in [0.4, 0.5) is 10.1 Å². The maximum Gasteiger partial charge on any atom is 0.251 e. The highest BCUT2D eigenvalue weighted by Gasteiger charge is 2.37. The van der Waals surface area contributed by atoms with Crippen molar-refractivity contribution in [1.29, 1.82) is 5.26 Å². The van der Waals surface area contributed by atoms with Crippen molar-refractivity contribution in [2.24, 2.45) is 0 Å². The molecule has 43 heavy (non-hydrogen) atoms. The number of Topliss-reactive ketones (excluding diaryl/α,β-unsaturated/α-hetero) is 1. The van der Waals surface area contributed by atoms with Crippen LogP contribution in [0.3, 0.4) is 0 Å². The fourth-order valence-corrected chi connectivity index (χ4v) is 5.65. The minimum atomic E-state index is -1.02. The Balaban J connectivity index is 1.49. The lowest BCUT2D eigenvalue weighted by Gasteiger charge is -2.37. The number of fused-ring (bicyclic) bond motifs is 1. The third-order valence-electron chi connectivity index (χ3n) is 7.68. The highest BCUT2D eigenvalue weighted by atomic mass is 35.5. The summed E-state index contributed by atoms with van der Waals surface area (Å²) in [5, 5.41) is 15.1. The first-order chi connectivity index (χ1) is 20.8.